The van der Waals surface area contributed by atoms with Crippen molar-refractivity contribution in [3.05, 3.63) is 0 Å². The molecule has 0 radical (unpaired) electrons. The lowest BCUT2D eigenvalue weighted by Crippen LogP contribution is -2.56. The third-order valence-corrected chi connectivity index (χ3v) is 6.57. The van der Waals surface area contributed by atoms with Gasteiger partial charge in [0.05, 0.1) is 0 Å². The van der Waals surface area contributed by atoms with Crippen molar-refractivity contribution in [2.45, 2.75) is 32.1 Å². The van der Waals surface area contributed by atoms with Crippen LogP contribution in [0.15, 0.2) is 0 Å². The van der Waals surface area contributed by atoms with Crippen LogP contribution in [0.25, 0.3) is 0 Å². The summed E-state index contributed by atoms with van der Waals surface area (Å²) in [5, 5.41) is 8.60. The molecule has 1 aliphatic heterocycles. The molecule has 4 aliphatic carbocycles. The zero-order valence-electron chi connectivity index (χ0n) is 12.9. The number of carbonyl (C=O) groups excluding carboxylic acids is 1. The van der Waals surface area contributed by atoms with Crippen LogP contribution < -0.4 is 5.48 Å². The lowest BCUT2D eigenvalue weighted by Gasteiger charge is -2.44. The smallest absolute Gasteiger partial charge is 0.322 e. The van der Waals surface area contributed by atoms with Gasteiger partial charge in [-0.2, -0.15) is 0 Å². The predicted octanol–water partition coefficient (Wildman–Crippen LogP) is 1.78. The number of rotatable bonds is 4. The van der Waals surface area contributed by atoms with E-state index in [9.17, 15) is 4.79 Å². The summed E-state index contributed by atoms with van der Waals surface area (Å²) in [5.74, 6) is 3.69. The van der Waals surface area contributed by atoms with Crippen LogP contribution in [0.4, 0.5) is 4.79 Å². The predicted molar refractivity (Wildman–Crippen MR) is 78.9 cm³/mol. The van der Waals surface area contributed by atoms with Crippen LogP contribution >= 0.6 is 0 Å². The van der Waals surface area contributed by atoms with Gasteiger partial charge in [0.25, 0.3) is 0 Å². The molecule has 2 atom stereocenters. The number of amides is 2. The van der Waals surface area contributed by atoms with Gasteiger partial charge in [0, 0.05) is 32.1 Å². The highest BCUT2D eigenvalue weighted by atomic mass is 16.5. The standard InChI is InChI=1S/C16H27N3O2/c1-18(7-12-8-19(9-12)15(20)17-21)10-16-4-11-2-13(5-16)14(3-11)6-16/h11-14,21H,2-10H2,1H3,(H,17,20). The Balaban J connectivity index is 1.26. The topological polar surface area (TPSA) is 55.8 Å². The summed E-state index contributed by atoms with van der Waals surface area (Å²) in [4.78, 5) is 15.4. The van der Waals surface area contributed by atoms with Crippen molar-refractivity contribution in [3.63, 3.8) is 0 Å². The van der Waals surface area contributed by atoms with Crippen molar-refractivity contribution >= 4 is 6.03 Å². The molecule has 0 aromatic heterocycles. The summed E-state index contributed by atoms with van der Waals surface area (Å²) in [5.41, 5.74) is 2.33. The number of likely N-dealkylation sites (tertiary alicyclic amines) is 1. The van der Waals surface area contributed by atoms with E-state index in [-0.39, 0.29) is 6.03 Å². The first-order valence-corrected chi connectivity index (χ1v) is 8.44. The average molecular weight is 293 g/mol. The largest absolute Gasteiger partial charge is 0.341 e. The minimum atomic E-state index is -0.363. The van der Waals surface area contributed by atoms with Gasteiger partial charge < -0.3 is 9.80 Å². The third kappa shape index (κ3) is 2.34. The molecule has 5 rings (SSSR count). The van der Waals surface area contributed by atoms with Crippen molar-refractivity contribution < 1.29 is 10.0 Å². The first-order valence-electron chi connectivity index (χ1n) is 8.44. The molecule has 21 heavy (non-hydrogen) atoms. The van der Waals surface area contributed by atoms with E-state index < -0.39 is 0 Å². The molecule has 1 saturated heterocycles. The molecule has 4 bridgehead atoms. The van der Waals surface area contributed by atoms with Crippen molar-refractivity contribution in [1.29, 1.82) is 0 Å². The van der Waals surface area contributed by atoms with Crippen LogP contribution in [0, 0.1) is 29.1 Å². The Morgan fingerprint density at radius 1 is 1.29 bits per heavy atom. The van der Waals surface area contributed by atoms with Crippen LogP contribution in [0.3, 0.4) is 0 Å². The van der Waals surface area contributed by atoms with Crippen LogP contribution in [0.5, 0.6) is 0 Å². The van der Waals surface area contributed by atoms with Crippen LogP contribution in [0.2, 0.25) is 0 Å². The molecular formula is C16H27N3O2. The first-order chi connectivity index (χ1) is 10.1. The molecule has 5 heteroatoms. The van der Waals surface area contributed by atoms with E-state index >= 15 is 0 Å². The fourth-order valence-corrected chi connectivity index (χ4v) is 6.17. The molecule has 2 amide bonds. The van der Waals surface area contributed by atoms with Gasteiger partial charge in [-0.05, 0) is 62.3 Å². The lowest BCUT2D eigenvalue weighted by atomic mass is 9.69. The Bertz CT molecular complexity index is 416. The van der Waals surface area contributed by atoms with Gasteiger partial charge in [0.2, 0.25) is 0 Å². The number of hydroxylamine groups is 1. The monoisotopic (exact) mass is 293 g/mol. The number of hydrogen-bond acceptors (Lipinski definition) is 3. The summed E-state index contributed by atoms with van der Waals surface area (Å²) < 4.78 is 0. The quantitative estimate of drug-likeness (QED) is 0.613. The number of carbonyl (C=O) groups is 1. The summed E-state index contributed by atoms with van der Waals surface area (Å²) in [6.45, 7) is 3.88. The fraction of sp³-hybridized carbons (Fsp3) is 0.938. The molecule has 5 aliphatic rings. The van der Waals surface area contributed by atoms with Gasteiger partial charge in [-0.1, -0.05) is 0 Å². The first kappa shape index (κ1) is 13.8. The fourth-order valence-electron chi connectivity index (χ4n) is 6.17. The normalized spacial score (nSPS) is 40.9. The van der Waals surface area contributed by atoms with Crippen LogP contribution in [0.1, 0.15) is 32.1 Å². The second kappa shape index (κ2) is 4.85. The molecular weight excluding hydrogens is 266 g/mol. The number of nitrogens with zero attached hydrogens (tertiary/aromatic N) is 2. The summed E-state index contributed by atoms with van der Waals surface area (Å²) in [6, 6.07) is -0.363. The molecule has 2 N–H and O–H groups in total. The summed E-state index contributed by atoms with van der Waals surface area (Å²) >= 11 is 0. The highest BCUT2D eigenvalue weighted by Crippen LogP contribution is 2.64. The molecule has 5 nitrogen and oxygen atoms in total. The van der Waals surface area contributed by atoms with Crippen molar-refractivity contribution in [2.75, 3.05) is 33.2 Å². The van der Waals surface area contributed by atoms with Gasteiger partial charge in [-0.15, -0.1) is 0 Å². The van der Waals surface area contributed by atoms with Gasteiger partial charge in [-0.3, -0.25) is 5.21 Å². The Kier molecular flexibility index (Phi) is 3.19. The molecule has 4 saturated carbocycles. The Morgan fingerprint density at radius 3 is 2.52 bits per heavy atom. The van der Waals surface area contributed by atoms with Crippen molar-refractivity contribution in [1.82, 2.24) is 15.3 Å². The Morgan fingerprint density at radius 2 is 1.95 bits per heavy atom. The highest BCUT2D eigenvalue weighted by molar-refractivity contribution is 5.73. The van der Waals surface area contributed by atoms with E-state index in [1.165, 1.54) is 38.6 Å². The number of hydrogen-bond donors (Lipinski definition) is 2. The van der Waals surface area contributed by atoms with Gasteiger partial charge >= 0.3 is 6.03 Å². The van der Waals surface area contributed by atoms with E-state index in [1.54, 1.807) is 10.4 Å². The van der Waals surface area contributed by atoms with Crippen LogP contribution in [-0.4, -0.2) is 54.3 Å². The Hall–Kier alpha value is -0.810. The number of urea groups is 1. The maximum Gasteiger partial charge on any atom is 0.341 e. The molecule has 118 valence electrons. The molecule has 2 unspecified atom stereocenters. The summed E-state index contributed by atoms with van der Waals surface area (Å²) in [7, 11) is 2.25. The molecule has 0 aromatic rings. The number of nitrogens with one attached hydrogen (secondary N) is 1. The Labute approximate surface area is 126 Å². The molecule has 1 heterocycles. The highest BCUT2D eigenvalue weighted by Gasteiger charge is 2.55. The molecule has 5 fully saturated rings. The zero-order valence-corrected chi connectivity index (χ0v) is 12.9. The maximum atomic E-state index is 11.2. The SMILES string of the molecule is CN(CC1CN(C(=O)NO)C1)CC12CC3CC(C1)C(C3)C2. The van der Waals surface area contributed by atoms with Gasteiger partial charge in [-0.25, -0.2) is 10.3 Å². The van der Waals surface area contributed by atoms with E-state index in [4.69, 9.17) is 5.21 Å². The van der Waals surface area contributed by atoms with Gasteiger partial charge in [0.1, 0.15) is 0 Å². The maximum absolute atomic E-state index is 11.2. The molecule has 0 aromatic carbocycles. The van der Waals surface area contributed by atoms with Crippen molar-refractivity contribution in [2.24, 2.45) is 29.1 Å². The van der Waals surface area contributed by atoms with E-state index in [0.29, 0.717) is 11.3 Å². The summed E-state index contributed by atoms with van der Waals surface area (Å²) in [6.07, 6.45) is 7.45. The lowest BCUT2D eigenvalue weighted by molar-refractivity contribution is 0.0467. The molecule has 0 spiro atoms. The third-order valence-electron chi connectivity index (χ3n) is 6.57. The second-order valence-electron chi connectivity index (χ2n) is 8.35. The van der Waals surface area contributed by atoms with Crippen LogP contribution in [-0.2, 0) is 0 Å². The van der Waals surface area contributed by atoms with Crippen molar-refractivity contribution in [3.8, 4) is 0 Å². The van der Waals surface area contributed by atoms with Gasteiger partial charge in [0.15, 0.2) is 0 Å². The van der Waals surface area contributed by atoms with E-state index in [0.717, 1.165) is 37.4 Å². The van der Waals surface area contributed by atoms with E-state index in [2.05, 4.69) is 11.9 Å². The van der Waals surface area contributed by atoms with E-state index in [1.807, 2.05) is 0 Å². The second-order valence-corrected chi connectivity index (χ2v) is 8.35. The minimum Gasteiger partial charge on any atom is -0.322 e. The average Bonchev–Trinajstić information content (AvgIpc) is 2.79. The minimum absolute atomic E-state index is 0.363. The zero-order chi connectivity index (χ0) is 14.6.